The van der Waals surface area contributed by atoms with Gasteiger partial charge in [0.05, 0.1) is 5.56 Å². The molecule has 0 saturated carbocycles. The van der Waals surface area contributed by atoms with Crippen molar-refractivity contribution in [2.45, 2.75) is 26.2 Å². The SMILES string of the molecule is CN(C)c1cc(C(C)(C)C)ccc1C(=O)Nc1ccccc1. The van der Waals surface area contributed by atoms with Gasteiger partial charge < -0.3 is 10.2 Å². The Morgan fingerprint density at radius 1 is 1.00 bits per heavy atom. The van der Waals surface area contributed by atoms with Gasteiger partial charge in [-0.15, -0.1) is 0 Å². The summed E-state index contributed by atoms with van der Waals surface area (Å²) in [6, 6.07) is 15.6. The van der Waals surface area contributed by atoms with Gasteiger partial charge in [-0.3, -0.25) is 4.79 Å². The molecule has 3 heteroatoms. The predicted octanol–water partition coefficient (Wildman–Crippen LogP) is 4.30. The highest BCUT2D eigenvalue weighted by atomic mass is 16.1. The van der Waals surface area contributed by atoms with Gasteiger partial charge in [0.1, 0.15) is 0 Å². The number of carbonyl (C=O) groups excluding carboxylic acids is 1. The average Bonchev–Trinajstić information content (AvgIpc) is 2.46. The van der Waals surface area contributed by atoms with Gasteiger partial charge in [-0.2, -0.15) is 0 Å². The Kier molecular flexibility index (Phi) is 4.55. The molecule has 0 aliphatic rings. The van der Waals surface area contributed by atoms with Crippen LogP contribution in [-0.4, -0.2) is 20.0 Å². The number of amides is 1. The molecule has 0 aromatic heterocycles. The molecule has 0 radical (unpaired) electrons. The van der Waals surface area contributed by atoms with Gasteiger partial charge in [-0.1, -0.05) is 45.0 Å². The summed E-state index contributed by atoms with van der Waals surface area (Å²) in [5.41, 5.74) is 3.69. The second kappa shape index (κ2) is 6.22. The van der Waals surface area contributed by atoms with E-state index in [1.54, 1.807) is 0 Å². The van der Waals surface area contributed by atoms with E-state index in [9.17, 15) is 4.79 Å². The molecule has 1 N–H and O–H groups in total. The first-order valence-corrected chi connectivity index (χ1v) is 7.47. The lowest BCUT2D eigenvalue weighted by Crippen LogP contribution is -2.20. The van der Waals surface area contributed by atoms with Gasteiger partial charge in [0.25, 0.3) is 5.91 Å². The fourth-order valence-electron chi connectivity index (χ4n) is 2.28. The maximum Gasteiger partial charge on any atom is 0.257 e. The number of hydrogen-bond acceptors (Lipinski definition) is 2. The maximum absolute atomic E-state index is 12.6. The van der Waals surface area contributed by atoms with Crippen molar-refractivity contribution < 1.29 is 4.79 Å². The number of benzene rings is 2. The van der Waals surface area contributed by atoms with Crippen LogP contribution in [0.1, 0.15) is 36.7 Å². The Hall–Kier alpha value is -2.29. The summed E-state index contributed by atoms with van der Waals surface area (Å²) in [5, 5.41) is 2.95. The molecule has 0 aliphatic carbocycles. The van der Waals surface area contributed by atoms with E-state index in [2.05, 4.69) is 32.2 Å². The molecular formula is C19H24N2O. The Labute approximate surface area is 133 Å². The number of hydrogen-bond donors (Lipinski definition) is 1. The maximum atomic E-state index is 12.6. The lowest BCUT2D eigenvalue weighted by Gasteiger charge is -2.24. The van der Waals surface area contributed by atoms with Crippen molar-refractivity contribution in [3.8, 4) is 0 Å². The monoisotopic (exact) mass is 296 g/mol. The summed E-state index contributed by atoms with van der Waals surface area (Å²) in [6.45, 7) is 6.52. The molecule has 0 spiro atoms. The number of para-hydroxylation sites is 1. The van der Waals surface area contributed by atoms with Crippen LogP contribution in [0.15, 0.2) is 48.5 Å². The third-order valence-electron chi connectivity index (χ3n) is 3.62. The molecule has 116 valence electrons. The van der Waals surface area contributed by atoms with E-state index in [0.717, 1.165) is 11.4 Å². The normalized spacial score (nSPS) is 11.1. The van der Waals surface area contributed by atoms with E-state index in [4.69, 9.17) is 0 Å². The molecule has 0 fully saturated rings. The molecule has 22 heavy (non-hydrogen) atoms. The van der Waals surface area contributed by atoms with Crippen LogP contribution < -0.4 is 10.2 Å². The van der Waals surface area contributed by atoms with Crippen molar-refractivity contribution in [1.82, 2.24) is 0 Å². The molecule has 1 amide bonds. The summed E-state index contributed by atoms with van der Waals surface area (Å²) in [7, 11) is 3.92. The van der Waals surface area contributed by atoms with Crippen LogP contribution in [-0.2, 0) is 5.41 Å². The van der Waals surface area contributed by atoms with E-state index in [-0.39, 0.29) is 11.3 Å². The average molecular weight is 296 g/mol. The lowest BCUT2D eigenvalue weighted by molar-refractivity contribution is 0.102. The van der Waals surface area contributed by atoms with Crippen LogP contribution >= 0.6 is 0 Å². The number of nitrogens with one attached hydrogen (secondary N) is 1. The van der Waals surface area contributed by atoms with Crippen molar-refractivity contribution in [1.29, 1.82) is 0 Å². The second-order valence-corrected chi connectivity index (χ2v) is 6.70. The van der Waals surface area contributed by atoms with Gasteiger partial charge in [0.15, 0.2) is 0 Å². The van der Waals surface area contributed by atoms with Crippen LogP contribution in [0.5, 0.6) is 0 Å². The van der Waals surface area contributed by atoms with Gasteiger partial charge in [0, 0.05) is 25.5 Å². The molecule has 0 bridgehead atoms. The largest absolute Gasteiger partial charge is 0.377 e. The first-order chi connectivity index (χ1) is 10.3. The summed E-state index contributed by atoms with van der Waals surface area (Å²) in [4.78, 5) is 14.5. The van der Waals surface area contributed by atoms with Gasteiger partial charge >= 0.3 is 0 Å². The zero-order valence-electron chi connectivity index (χ0n) is 14.0. The Morgan fingerprint density at radius 2 is 1.64 bits per heavy atom. The van der Waals surface area contributed by atoms with E-state index in [1.807, 2.05) is 61.5 Å². The first kappa shape index (κ1) is 16.1. The minimum absolute atomic E-state index is 0.0548. The molecule has 0 aliphatic heterocycles. The van der Waals surface area contributed by atoms with Crippen molar-refractivity contribution in [2.24, 2.45) is 0 Å². The lowest BCUT2D eigenvalue weighted by atomic mass is 9.86. The van der Waals surface area contributed by atoms with E-state index in [0.29, 0.717) is 5.56 Å². The third kappa shape index (κ3) is 3.67. The van der Waals surface area contributed by atoms with Gasteiger partial charge in [-0.05, 0) is 35.2 Å². The third-order valence-corrected chi connectivity index (χ3v) is 3.62. The topological polar surface area (TPSA) is 32.3 Å². The molecule has 0 unspecified atom stereocenters. The standard InChI is InChI=1S/C19H24N2O/c1-19(2,3)14-11-12-16(17(13-14)21(4)5)18(22)20-15-9-7-6-8-10-15/h6-13H,1-5H3,(H,20,22). The second-order valence-electron chi connectivity index (χ2n) is 6.70. The molecule has 0 saturated heterocycles. The van der Waals surface area contributed by atoms with Crippen molar-refractivity contribution in [3.05, 3.63) is 59.7 Å². The number of anilines is 2. The fraction of sp³-hybridized carbons (Fsp3) is 0.316. The minimum Gasteiger partial charge on any atom is -0.377 e. The summed E-state index contributed by atoms with van der Waals surface area (Å²) in [6.07, 6.45) is 0. The molecule has 0 atom stereocenters. The van der Waals surface area contributed by atoms with E-state index in [1.165, 1.54) is 5.56 Å². The highest BCUT2D eigenvalue weighted by Crippen LogP contribution is 2.29. The highest BCUT2D eigenvalue weighted by molar-refractivity contribution is 6.08. The molecule has 2 rings (SSSR count). The zero-order valence-corrected chi connectivity index (χ0v) is 14.0. The van der Waals surface area contributed by atoms with Gasteiger partial charge in [0.2, 0.25) is 0 Å². The predicted molar refractivity (Wildman–Crippen MR) is 93.9 cm³/mol. The number of carbonyl (C=O) groups is 1. The summed E-state index contributed by atoms with van der Waals surface area (Å²) < 4.78 is 0. The summed E-state index contributed by atoms with van der Waals surface area (Å²) >= 11 is 0. The number of rotatable bonds is 3. The Morgan fingerprint density at radius 3 is 2.18 bits per heavy atom. The molecule has 2 aromatic carbocycles. The highest BCUT2D eigenvalue weighted by Gasteiger charge is 2.19. The fourth-order valence-corrected chi connectivity index (χ4v) is 2.28. The van der Waals surface area contributed by atoms with Gasteiger partial charge in [-0.25, -0.2) is 0 Å². The minimum atomic E-state index is -0.0876. The number of nitrogens with zero attached hydrogens (tertiary/aromatic N) is 1. The van der Waals surface area contributed by atoms with Crippen LogP contribution in [0.3, 0.4) is 0 Å². The molecular weight excluding hydrogens is 272 g/mol. The Balaban J connectivity index is 2.36. The van der Waals surface area contributed by atoms with Crippen LogP contribution in [0.25, 0.3) is 0 Å². The first-order valence-electron chi connectivity index (χ1n) is 7.47. The van der Waals surface area contributed by atoms with Crippen molar-refractivity contribution in [2.75, 3.05) is 24.3 Å². The van der Waals surface area contributed by atoms with Crippen molar-refractivity contribution >= 4 is 17.3 Å². The van der Waals surface area contributed by atoms with Crippen LogP contribution in [0.2, 0.25) is 0 Å². The van der Waals surface area contributed by atoms with E-state index >= 15 is 0 Å². The van der Waals surface area contributed by atoms with Crippen LogP contribution in [0.4, 0.5) is 11.4 Å². The molecule has 3 nitrogen and oxygen atoms in total. The summed E-state index contributed by atoms with van der Waals surface area (Å²) in [5.74, 6) is -0.0876. The zero-order chi connectivity index (χ0) is 16.3. The Bertz CT molecular complexity index is 655. The quantitative estimate of drug-likeness (QED) is 0.915. The molecule has 0 heterocycles. The smallest absolute Gasteiger partial charge is 0.257 e. The van der Waals surface area contributed by atoms with E-state index < -0.39 is 0 Å². The molecule has 2 aromatic rings. The van der Waals surface area contributed by atoms with Crippen molar-refractivity contribution in [3.63, 3.8) is 0 Å². The van der Waals surface area contributed by atoms with Crippen LogP contribution in [0, 0.1) is 0 Å².